The number of carbonyl (C=O) groups is 1. The lowest BCUT2D eigenvalue weighted by Crippen LogP contribution is -2.26. The van der Waals surface area contributed by atoms with Crippen LogP contribution in [0.2, 0.25) is 0 Å². The summed E-state index contributed by atoms with van der Waals surface area (Å²) in [6, 6.07) is 17.0. The largest absolute Gasteiger partial charge is 0.321 e. The quantitative estimate of drug-likeness (QED) is 0.737. The number of amides is 1. The molecular formula is C17H16Cl2NO3P. The smallest absolute Gasteiger partial charge is 0.279 e. The van der Waals surface area contributed by atoms with Gasteiger partial charge in [-0.05, 0) is 31.2 Å². The maximum atomic E-state index is 13.5. The van der Waals surface area contributed by atoms with Crippen LogP contribution in [0.15, 0.2) is 70.6 Å². The molecule has 0 fully saturated rings. The van der Waals surface area contributed by atoms with Crippen molar-refractivity contribution in [1.29, 1.82) is 0 Å². The Balaban J connectivity index is 2.43. The zero-order valence-corrected chi connectivity index (χ0v) is 15.3. The molecule has 0 aromatic heterocycles. The molecule has 0 aliphatic rings. The zero-order chi connectivity index (χ0) is 17.6. The Labute approximate surface area is 150 Å². The van der Waals surface area contributed by atoms with Crippen molar-refractivity contribution in [3.63, 3.8) is 0 Å². The highest BCUT2D eigenvalue weighted by Gasteiger charge is 2.34. The number of hydrogen-bond acceptors (Lipinski definition) is 3. The van der Waals surface area contributed by atoms with Gasteiger partial charge in [0.25, 0.3) is 13.3 Å². The molecule has 0 spiro atoms. The van der Waals surface area contributed by atoms with Crippen molar-refractivity contribution in [3.05, 3.63) is 76.2 Å². The van der Waals surface area contributed by atoms with Crippen molar-refractivity contribution >= 4 is 41.8 Å². The first kappa shape index (κ1) is 18.8. The van der Waals surface area contributed by atoms with Gasteiger partial charge in [0.05, 0.1) is 6.61 Å². The van der Waals surface area contributed by atoms with Gasteiger partial charge in [0.2, 0.25) is 0 Å². The molecule has 0 heterocycles. The van der Waals surface area contributed by atoms with Crippen LogP contribution in [0.5, 0.6) is 0 Å². The molecule has 0 aliphatic carbocycles. The van der Waals surface area contributed by atoms with Gasteiger partial charge in [0, 0.05) is 10.9 Å². The van der Waals surface area contributed by atoms with E-state index in [2.05, 4.69) is 5.32 Å². The van der Waals surface area contributed by atoms with E-state index in [9.17, 15) is 9.36 Å². The van der Waals surface area contributed by atoms with Crippen molar-refractivity contribution in [3.8, 4) is 0 Å². The summed E-state index contributed by atoms with van der Waals surface area (Å²) in [5.41, 5.74) is 0.258. The van der Waals surface area contributed by atoms with Crippen LogP contribution in [0.1, 0.15) is 17.3 Å². The van der Waals surface area contributed by atoms with Gasteiger partial charge in [-0.3, -0.25) is 9.36 Å². The van der Waals surface area contributed by atoms with Crippen LogP contribution in [0, 0.1) is 0 Å². The van der Waals surface area contributed by atoms with Crippen LogP contribution < -0.4 is 10.6 Å². The van der Waals surface area contributed by atoms with Crippen LogP contribution in [0.3, 0.4) is 0 Å². The molecule has 0 unspecified atom stereocenters. The monoisotopic (exact) mass is 383 g/mol. The van der Waals surface area contributed by atoms with Gasteiger partial charge in [-0.2, -0.15) is 0 Å². The van der Waals surface area contributed by atoms with Crippen molar-refractivity contribution in [2.24, 2.45) is 0 Å². The molecule has 0 saturated heterocycles. The third-order valence-corrected chi connectivity index (χ3v) is 6.31. The first-order valence-corrected chi connectivity index (χ1v) is 9.59. The Hall–Kier alpha value is -1.58. The number of nitrogens with one attached hydrogen (secondary N) is 1. The van der Waals surface area contributed by atoms with Gasteiger partial charge in [-0.25, -0.2) is 0 Å². The number of carbonyl (C=O) groups excluding carboxylic acids is 1. The van der Waals surface area contributed by atoms with Gasteiger partial charge in [-0.1, -0.05) is 59.6 Å². The Bertz CT molecular complexity index is 775. The lowest BCUT2D eigenvalue weighted by Gasteiger charge is -2.22. The van der Waals surface area contributed by atoms with Crippen LogP contribution in [0.4, 0.5) is 0 Å². The molecule has 2 aromatic rings. The van der Waals surface area contributed by atoms with Crippen molar-refractivity contribution < 1.29 is 13.9 Å². The van der Waals surface area contributed by atoms with Gasteiger partial charge < -0.3 is 9.84 Å². The summed E-state index contributed by atoms with van der Waals surface area (Å²) in [6.07, 6.45) is 0. The van der Waals surface area contributed by atoms with Gasteiger partial charge in [0.1, 0.15) is 9.93 Å². The van der Waals surface area contributed by atoms with E-state index in [1.54, 1.807) is 67.6 Å². The van der Waals surface area contributed by atoms with E-state index in [0.717, 1.165) is 0 Å². The van der Waals surface area contributed by atoms with Crippen LogP contribution in [0.25, 0.3) is 0 Å². The average Bonchev–Trinajstić information content (AvgIpc) is 2.60. The fraction of sp³-hybridized carbons (Fsp3) is 0.118. The van der Waals surface area contributed by atoms with E-state index >= 15 is 0 Å². The highest BCUT2D eigenvalue weighted by molar-refractivity contribution is 7.71. The maximum Gasteiger partial charge on any atom is 0.279 e. The molecule has 0 aliphatic heterocycles. The second kappa shape index (κ2) is 8.50. The average molecular weight is 384 g/mol. The predicted molar refractivity (Wildman–Crippen MR) is 97.9 cm³/mol. The van der Waals surface area contributed by atoms with E-state index in [-0.39, 0.29) is 16.5 Å². The molecule has 1 N–H and O–H groups in total. The number of rotatable bonds is 6. The van der Waals surface area contributed by atoms with Crippen molar-refractivity contribution in [2.45, 2.75) is 6.92 Å². The summed E-state index contributed by atoms with van der Waals surface area (Å²) >= 11 is 11.8. The Morgan fingerprint density at radius 3 is 2.08 bits per heavy atom. The molecule has 1 amide bonds. The molecule has 7 heteroatoms. The minimum absolute atomic E-state index is 0.132. The molecule has 0 bridgehead atoms. The lowest BCUT2D eigenvalue weighted by molar-refractivity contribution is 0.0967. The fourth-order valence-corrected chi connectivity index (χ4v) is 4.77. The summed E-state index contributed by atoms with van der Waals surface area (Å²) in [5, 5.41) is 2.94. The number of hydrogen-bond donors (Lipinski definition) is 1. The van der Waals surface area contributed by atoms with Crippen LogP contribution >= 0.6 is 30.6 Å². The molecule has 24 heavy (non-hydrogen) atoms. The molecule has 4 nitrogen and oxygen atoms in total. The minimum atomic E-state index is -3.63. The van der Waals surface area contributed by atoms with E-state index in [4.69, 9.17) is 27.7 Å². The summed E-state index contributed by atoms with van der Waals surface area (Å²) in [4.78, 5) is 12.4. The first-order valence-electron chi connectivity index (χ1n) is 7.21. The van der Waals surface area contributed by atoms with E-state index < -0.39 is 13.3 Å². The van der Waals surface area contributed by atoms with Gasteiger partial charge in [0.15, 0.2) is 0 Å². The molecule has 2 rings (SSSR count). The molecule has 1 atom stereocenters. The minimum Gasteiger partial charge on any atom is -0.321 e. The normalized spacial score (nSPS) is 13.0. The summed E-state index contributed by atoms with van der Waals surface area (Å²) in [6.45, 7) is 1.87. The zero-order valence-electron chi connectivity index (χ0n) is 12.9. The number of benzene rings is 2. The topological polar surface area (TPSA) is 55.4 Å². The Morgan fingerprint density at radius 2 is 1.58 bits per heavy atom. The predicted octanol–water partition coefficient (Wildman–Crippen LogP) is 4.66. The summed E-state index contributed by atoms with van der Waals surface area (Å²) in [7, 11) is -3.63. The maximum absolute atomic E-state index is 13.5. The molecule has 2 aromatic carbocycles. The second-order valence-electron chi connectivity index (χ2n) is 4.73. The number of halogens is 2. The Kier molecular flexibility index (Phi) is 6.64. The van der Waals surface area contributed by atoms with Crippen LogP contribution in [-0.2, 0) is 9.09 Å². The van der Waals surface area contributed by atoms with E-state index in [0.29, 0.717) is 10.9 Å². The highest BCUT2D eigenvalue weighted by Crippen LogP contribution is 2.54. The van der Waals surface area contributed by atoms with E-state index in [1.165, 1.54) is 0 Å². The Morgan fingerprint density at radius 1 is 1.04 bits per heavy atom. The second-order valence-corrected chi connectivity index (χ2v) is 8.01. The first-order chi connectivity index (χ1) is 11.5. The van der Waals surface area contributed by atoms with E-state index in [1.807, 2.05) is 0 Å². The van der Waals surface area contributed by atoms with Gasteiger partial charge >= 0.3 is 0 Å². The van der Waals surface area contributed by atoms with Crippen LogP contribution in [-0.4, -0.2) is 12.5 Å². The lowest BCUT2D eigenvalue weighted by atomic mass is 10.2. The third-order valence-electron chi connectivity index (χ3n) is 3.15. The highest BCUT2D eigenvalue weighted by atomic mass is 35.5. The third kappa shape index (κ3) is 4.28. The van der Waals surface area contributed by atoms with Crippen molar-refractivity contribution in [1.82, 2.24) is 5.32 Å². The van der Waals surface area contributed by atoms with Crippen molar-refractivity contribution in [2.75, 3.05) is 6.61 Å². The summed E-state index contributed by atoms with van der Waals surface area (Å²) in [5.74, 6) is -0.472. The summed E-state index contributed by atoms with van der Waals surface area (Å²) < 4.78 is 18.6. The molecule has 0 radical (unpaired) electrons. The van der Waals surface area contributed by atoms with Gasteiger partial charge in [-0.15, -0.1) is 0 Å². The molecule has 0 saturated carbocycles. The molecular weight excluding hydrogens is 368 g/mol. The SMILES string of the molecule is CCO[P@](=O)(C(NC(=O)c1ccccc1)=C(Cl)Cl)c1ccccc1. The molecule has 126 valence electrons. The fourth-order valence-electron chi connectivity index (χ4n) is 2.08. The standard InChI is InChI=1S/C17H16Cl2NO3P/c1-2-23-24(22,14-11-7-4-8-12-14)17(15(18)19)20-16(21)13-9-5-3-6-10-13/h3-12H,2H2,1H3,(H,20,21)/t24-/m0/s1.